The number of aliphatic hydroxyl groups excluding tert-OH is 1. The number of carbonyl (C=O) groups is 1. The molecule has 0 aliphatic carbocycles. The minimum Gasteiger partial charge on any atom is -0.396 e. The number of aryl methyl sites for hydroxylation is 1. The van der Waals surface area contributed by atoms with Crippen molar-refractivity contribution < 1.29 is 14.4 Å². The van der Waals surface area contributed by atoms with Crippen LogP contribution >= 0.6 is 0 Å². The Morgan fingerprint density at radius 3 is 2.95 bits per heavy atom. The first-order valence-electron chi connectivity index (χ1n) is 7.94. The van der Waals surface area contributed by atoms with Crippen molar-refractivity contribution in [3.05, 3.63) is 11.7 Å². The van der Waals surface area contributed by atoms with E-state index >= 15 is 0 Å². The van der Waals surface area contributed by atoms with Gasteiger partial charge in [-0.1, -0.05) is 5.16 Å². The molecule has 7 nitrogen and oxygen atoms in total. The minimum atomic E-state index is -0.263. The number of aliphatic hydroxyl groups is 1. The lowest BCUT2D eigenvalue weighted by Crippen LogP contribution is -2.53. The number of rotatable bonds is 4. The number of piperidine rings is 1. The quantitative estimate of drug-likeness (QED) is 0.854. The van der Waals surface area contributed by atoms with Gasteiger partial charge in [0, 0.05) is 46.3 Å². The zero-order valence-corrected chi connectivity index (χ0v) is 13.3. The van der Waals surface area contributed by atoms with Gasteiger partial charge in [0.05, 0.1) is 5.41 Å². The number of fused-ring (bicyclic) bond motifs is 1. The van der Waals surface area contributed by atoms with Gasteiger partial charge in [0.2, 0.25) is 11.8 Å². The first-order chi connectivity index (χ1) is 10.5. The highest BCUT2D eigenvalue weighted by molar-refractivity contribution is 5.73. The van der Waals surface area contributed by atoms with Crippen molar-refractivity contribution in [2.24, 2.45) is 5.92 Å². The van der Waals surface area contributed by atoms with Crippen LogP contribution in [0.5, 0.6) is 0 Å². The Hall–Kier alpha value is -1.47. The number of nitrogens with zero attached hydrogens (tertiary/aromatic N) is 4. The predicted octanol–water partition coefficient (Wildman–Crippen LogP) is 0.182. The molecule has 22 heavy (non-hydrogen) atoms. The Morgan fingerprint density at radius 1 is 1.50 bits per heavy atom. The average Bonchev–Trinajstić information content (AvgIpc) is 3.08. The molecule has 7 heteroatoms. The standard InChI is InChI=1S/C15H24N4O3/c1-11-16-14(22-17-11)15-9-18(5-3-7-20)8-13(15)4-6-19(10-15)12(2)21/h13,20H,3-10H2,1-2H3/t13-,15+/m0/s1. The van der Waals surface area contributed by atoms with Gasteiger partial charge in [0.1, 0.15) is 0 Å². The van der Waals surface area contributed by atoms with Gasteiger partial charge < -0.3 is 19.4 Å². The number of amides is 1. The highest BCUT2D eigenvalue weighted by Crippen LogP contribution is 2.43. The monoisotopic (exact) mass is 308 g/mol. The van der Waals surface area contributed by atoms with Crippen LogP contribution in [0.15, 0.2) is 4.52 Å². The van der Waals surface area contributed by atoms with Crippen LogP contribution < -0.4 is 0 Å². The molecule has 1 aromatic rings. The van der Waals surface area contributed by atoms with Gasteiger partial charge in [-0.15, -0.1) is 0 Å². The van der Waals surface area contributed by atoms with E-state index in [1.807, 2.05) is 11.8 Å². The van der Waals surface area contributed by atoms with Gasteiger partial charge in [-0.25, -0.2) is 0 Å². The maximum atomic E-state index is 11.8. The van der Waals surface area contributed by atoms with Crippen molar-refractivity contribution in [3.8, 4) is 0 Å². The Kier molecular flexibility index (Phi) is 4.18. The van der Waals surface area contributed by atoms with E-state index in [9.17, 15) is 4.79 Å². The van der Waals surface area contributed by atoms with E-state index in [-0.39, 0.29) is 17.9 Å². The molecular weight excluding hydrogens is 284 g/mol. The second-order valence-corrected chi connectivity index (χ2v) is 6.54. The van der Waals surface area contributed by atoms with Gasteiger partial charge in [-0.3, -0.25) is 4.79 Å². The molecule has 0 saturated carbocycles. The summed E-state index contributed by atoms with van der Waals surface area (Å²) in [6, 6.07) is 0. The third-order valence-electron chi connectivity index (χ3n) is 5.02. The summed E-state index contributed by atoms with van der Waals surface area (Å²) in [5, 5.41) is 13.0. The van der Waals surface area contributed by atoms with Crippen molar-refractivity contribution in [3.63, 3.8) is 0 Å². The summed E-state index contributed by atoms with van der Waals surface area (Å²) in [4.78, 5) is 20.6. The fourth-order valence-electron chi connectivity index (χ4n) is 3.90. The topological polar surface area (TPSA) is 82.7 Å². The minimum absolute atomic E-state index is 0.0999. The van der Waals surface area contributed by atoms with Crippen molar-refractivity contribution in [2.75, 3.05) is 39.3 Å². The smallest absolute Gasteiger partial charge is 0.236 e. The molecule has 0 radical (unpaired) electrons. The molecule has 0 unspecified atom stereocenters. The normalized spacial score (nSPS) is 28.9. The second-order valence-electron chi connectivity index (χ2n) is 6.54. The van der Waals surface area contributed by atoms with Gasteiger partial charge in [-0.05, 0) is 25.7 Å². The average molecular weight is 308 g/mol. The third kappa shape index (κ3) is 2.63. The van der Waals surface area contributed by atoms with Crippen molar-refractivity contribution in [2.45, 2.75) is 32.1 Å². The highest BCUT2D eigenvalue weighted by atomic mass is 16.5. The van der Waals surface area contributed by atoms with Crippen LogP contribution in [0, 0.1) is 12.8 Å². The molecule has 2 aliphatic heterocycles. The van der Waals surface area contributed by atoms with Crippen molar-refractivity contribution in [1.29, 1.82) is 0 Å². The van der Waals surface area contributed by atoms with E-state index in [0.29, 0.717) is 24.2 Å². The fourth-order valence-corrected chi connectivity index (χ4v) is 3.90. The zero-order valence-electron chi connectivity index (χ0n) is 13.3. The summed E-state index contributed by atoms with van der Waals surface area (Å²) in [6.45, 7) is 7.72. The van der Waals surface area contributed by atoms with Crippen molar-refractivity contribution in [1.82, 2.24) is 19.9 Å². The number of carbonyl (C=O) groups excluding carboxylic acids is 1. The molecule has 2 atom stereocenters. The van der Waals surface area contributed by atoms with Gasteiger partial charge in [-0.2, -0.15) is 4.98 Å². The maximum absolute atomic E-state index is 11.8. The molecule has 2 fully saturated rings. The molecule has 3 heterocycles. The third-order valence-corrected chi connectivity index (χ3v) is 5.02. The molecule has 1 N–H and O–H groups in total. The summed E-state index contributed by atoms with van der Waals surface area (Å²) in [7, 11) is 0. The second kappa shape index (κ2) is 5.96. The SMILES string of the molecule is CC(=O)N1CC[C@H]2CN(CCCO)C[C@@]2(c2nc(C)no2)C1. The lowest BCUT2D eigenvalue weighted by atomic mass is 9.73. The van der Waals surface area contributed by atoms with Crippen LogP contribution in [-0.4, -0.2) is 70.3 Å². The van der Waals surface area contributed by atoms with E-state index in [1.165, 1.54) is 0 Å². The van der Waals surface area contributed by atoms with Crippen LogP contribution in [0.2, 0.25) is 0 Å². The molecule has 0 aromatic carbocycles. The van der Waals surface area contributed by atoms with Crippen LogP contribution in [0.1, 0.15) is 31.5 Å². The number of hydrogen-bond donors (Lipinski definition) is 1. The number of likely N-dealkylation sites (tertiary alicyclic amines) is 2. The Bertz CT molecular complexity index is 547. The molecule has 1 aromatic heterocycles. The lowest BCUT2D eigenvalue weighted by molar-refractivity contribution is -0.131. The maximum Gasteiger partial charge on any atom is 0.236 e. The fraction of sp³-hybridized carbons (Fsp3) is 0.800. The molecule has 0 bridgehead atoms. The van der Waals surface area contributed by atoms with E-state index in [0.717, 1.165) is 39.0 Å². The van der Waals surface area contributed by atoms with Crippen molar-refractivity contribution >= 4 is 5.91 Å². The first kappa shape index (κ1) is 15.4. The molecular formula is C15H24N4O3. The molecule has 2 saturated heterocycles. The lowest BCUT2D eigenvalue weighted by Gasteiger charge is -2.41. The Morgan fingerprint density at radius 2 is 2.32 bits per heavy atom. The van der Waals surface area contributed by atoms with E-state index in [4.69, 9.17) is 9.63 Å². The van der Waals surface area contributed by atoms with Crippen LogP contribution in [-0.2, 0) is 10.2 Å². The molecule has 1 amide bonds. The number of hydrogen-bond acceptors (Lipinski definition) is 6. The summed E-state index contributed by atoms with van der Waals surface area (Å²) in [5.41, 5.74) is -0.263. The summed E-state index contributed by atoms with van der Waals surface area (Å²) in [5.74, 6) is 1.81. The van der Waals surface area contributed by atoms with E-state index in [1.54, 1.807) is 6.92 Å². The van der Waals surface area contributed by atoms with Crippen LogP contribution in [0.25, 0.3) is 0 Å². The molecule has 122 valence electrons. The predicted molar refractivity (Wildman–Crippen MR) is 79.2 cm³/mol. The van der Waals surface area contributed by atoms with E-state index in [2.05, 4.69) is 15.0 Å². The molecule has 3 rings (SSSR count). The molecule has 0 spiro atoms. The van der Waals surface area contributed by atoms with E-state index < -0.39 is 0 Å². The summed E-state index contributed by atoms with van der Waals surface area (Å²) < 4.78 is 5.51. The summed E-state index contributed by atoms with van der Waals surface area (Å²) in [6.07, 6.45) is 1.72. The first-order valence-corrected chi connectivity index (χ1v) is 7.94. The molecule has 2 aliphatic rings. The number of aromatic nitrogens is 2. The Balaban J connectivity index is 1.89. The van der Waals surface area contributed by atoms with Gasteiger partial charge in [0.15, 0.2) is 5.82 Å². The van der Waals surface area contributed by atoms with Gasteiger partial charge in [0.25, 0.3) is 0 Å². The van der Waals surface area contributed by atoms with Gasteiger partial charge >= 0.3 is 0 Å². The largest absolute Gasteiger partial charge is 0.396 e. The zero-order chi connectivity index (χ0) is 15.7. The Labute approximate surface area is 130 Å². The van der Waals surface area contributed by atoms with Crippen LogP contribution in [0.4, 0.5) is 0 Å². The summed E-state index contributed by atoms with van der Waals surface area (Å²) >= 11 is 0. The highest BCUT2D eigenvalue weighted by Gasteiger charge is 2.54. The van der Waals surface area contributed by atoms with Crippen LogP contribution in [0.3, 0.4) is 0 Å².